The van der Waals surface area contributed by atoms with Crippen molar-refractivity contribution in [3.05, 3.63) is 34.4 Å². The van der Waals surface area contributed by atoms with Crippen LogP contribution in [-0.4, -0.2) is 35.0 Å². The van der Waals surface area contributed by atoms with Crippen molar-refractivity contribution in [3.8, 4) is 0 Å². The number of hydrogen-bond acceptors (Lipinski definition) is 4. The lowest BCUT2D eigenvalue weighted by Gasteiger charge is -2.39. The van der Waals surface area contributed by atoms with Gasteiger partial charge in [-0.15, -0.1) is 0 Å². The van der Waals surface area contributed by atoms with E-state index in [0.717, 1.165) is 12.7 Å². The van der Waals surface area contributed by atoms with Crippen molar-refractivity contribution in [1.29, 1.82) is 0 Å². The largest absolute Gasteiger partial charge is 0.481 e. The van der Waals surface area contributed by atoms with Crippen LogP contribution in [0.4, 0.5) is 0 Å². The Morgan fingerprint density at radius 2 is 2.19 bits per heavy atom. The fraction of sp³-hybridized carbons (Fsp3) is 0.533. The highest BCUT2D eigenvalue weighted by Gasteiger charge is 2.42. The van der Waals surface area contributed by atoms with Gasteiger partial charge in [-0.2, -0.15) is 0 Å². The predicted molar refractivity (Wildman–Crippen MR) is 75.1 cm³/mol. The number of rotatable bonds is 4. The van der Waals surface area contributed by atoms with Crippen molar-refractivity contribution < 1.29 is 19.1 Å². The van der Waals surface area contributed by atoms with Crippen molar-refractivity contribution in [3.63, 3.8) is 0 Å². The molecule has 1 aromatic heterocycles. The van der Waals surface area contributed by atoms with Gasteiger partial charge < -0.3 is 14.4 Å². The number of carboxylic acid groups (broad SMARTS) is 1. The van der Waals surface area contributed by atoms with E-state index < -0.39 is 17.0 Å². The highest BCUT2D eigenvalue weighted by atomic mass is 16.4. The van der Waals surface area contributed by atoms with Crippen LogP contribution >= 0.6 is 0 Å². The van der Waals surface area contributed by atoms with Crippen LogP contribution in [0, 0.1) is 5.41 Å². The first-order chi connectivity index (χ1) is 9.98. The molecule has 6 nitrogen and oxygen atoms in total. The maximum Gasteiger partial charge on any atom is 0.335 e. The molecule has 0 radical (unpaired) electrons. The maximum atomic E-state index is 12.4. The Morgan fingerprint density at radius 1 is 1.43 bits per heavy atom. The summed E-state index contributed by atoms with van der Waals surface area (Å²) in [5.74, 6) is -1.14. The Labute approximate surface area is 122 Å². The molecule has 114 valence electrons. The first-order valence-corrected chi connectivity index (χ1v) is 7.10. The zero-order valence-electron chi connectivity index (χ0n) is 12.0. The first-order valence-electron chi connectivity index (χ1n) is 7.10. The zero-order chi connectivity index (χ0) is 15.5. The highest BCUT2D eigenvalue weighted by molar-refractivity contribution is 5.94. The Morgan fingerprint density at radius 3 is 2.76 bits per heavy atom. The molecule has 21 heavy (non-hydrogen) atoms. The maximum absolute atomic E-state index is 12.4. The van der Waals surface area contributed by atoms with E-state index in [-0.39, 0.29) is 18.0 Å². The smallest absolute Gasteiger partial charge is 0.335 e. The van der Waals surface area contributed by atoms with Crippen molar-refractivity contribution in [1.82, 2.24) is 4.90 Å². The van der Waals surface area contributed by atoms with Gasteiger partial charge in [-0.05, 0) is 25.3 Å². The van der Waals surface area contributed by atoms with Crippen molar-refractivity contribution in [2.24, 2.45) is 5.41 Å². The minimum Gasteiger partial charge on any atom is -0.481 e. The molecule has 2 heterocycles. The summed E-state index contributed by atoms with van der Waals surface area (Å²) in [4.78, 5) is 36.5. The summed E-state index contributed by atoms with van der Waals surface area (Å²) in [6.45, 7) is 2.67. The van der Waals surface area contributed by atoms with E-state index in [2.05, 4.69) is 0 Å². The van der Waals surface area contributed by atoms with Crippen molar-refractivity contribution >= 4 is 11.9 Å². The van der Waals surface area contributed by atoms with Crippen LogP contribution in [0.5, 0.6) is 0 Å². The molecular formula is C15H19NO5. The molecule has 1 aliphatic heterocycles. The van der Waals surface area contributed by atoms with Crippen LogP contribution in [0.3, 0.4) is 0 Å². The third-order valence-electron chi connectivity index (χ3n) is 3.99. The quantitative estimate of drug-likeness (QED) is 0.913. The van der Waals surface area contributed by atoms with Crippen LogP contribution in [-0.2, 0) is 4.79 Å². The van der Waals surface area contributed by atoms with E-state index in [0.29, 0.717) is 25.8 Å². The molecule has 0 spiro atoms. The standard InChI is InChI=1S/C15H19NO5/c1-2-6-15(14(19)20)7-3-8-16(10-15)13(18)11-4-5-12(17)21-9-11/h4-5,9H,2-3,6-8,10H2,1H3,(H,19,20). The zero-order valence-corrected chi connectivity index (χ0v) is 12.0. The summed E-state index contributed by atoms with van der Waals surface area (Å²) in [7, 11) is 0. The Hall–Kier alpha value is -2.11. The van der Waals surface area contributed by atoms with E-state index >= 15 is 0 Å². The topological polar surface area (TPSA) is 87.8 Å². The summed E-state index contributed by atoms with van der Waals surface area (Å²) in [5, 5.41) is 9.53. The number of likely N-dealkylation sites (tertiary alicyclic amines) is 1. The first kappa shape index (κ1) is 15.3. The normalized spacial score (nSPS) is 22.0. The van der Waals surface area contributed by atoms with Crippen LogP contribution in [0.25, 0.3) is 0 Å². The molecule has 0 aromatic carbocycles. The molecule has 0 saturated carbocycles. The number of carboxylic acids is 1. The van der Waals surface area contributed by atoms with Crippen LogP contribution in [0.2, 0.25) is 0 Å². The van der Waals surface area contributed by atoms with Crippen LogP contribution < -0.4 is 5.63 Å². The number of carbonyl (C=O) groups is 2. The fourth-order valence-electron chi connectivity index (χ4n) is 2.93. The van der Waals surface area contributed by atoms with E-state index in [9.17, 15) is 19.5 Å². The lowest BCUT2D eigenvalue weighted by molar-refractivity contribution is -0.152. The van der Waals surface area contributed by atoms with Gasteiger partial charge >= 0.3 is 11.6 Å². The van der Waals surface area contributed by atoms with Crippen LogP contribution in [0.1, 0.15) is 43.0 Å². The van der Waals surface area contributed by atoms with Crippen molar-refractivity contribution in [2.45, 2.75) is 32.6 Å². The van der Waals surface area contributed by atoms with E-state index in [4.69, 9.17) is 4.42 Å². The Kier molecular flexibility index (Phi) is 4.45. The summed E-state index contributed by atoms with van der Waals surface area (Å²) < 4.78 is 4.70. The molecule has 6 heteroatoms. The van der Waals surface area contributed by atoms with E-state index in [1.54, 1.807) is 4.90 Å². The third-order valence-corrected chi connectivity index (χ3v) is 3.99. The average molecular weight is 293 g/mol. The second kappa shape index (κ2) is 6.11. The summed E-state index contributed by atoms with van der Waals surface area (Å²) in [6, 6.07) is 2.60. The van der Waals surface area contributed by atoms with Gasteiger partial charge in [0.1, 0.15) is 6.26 Å². The fourth-order valence-corrected chi connectivity index (χ4v) is 2.93. The summed E-state index contributed by atoms with van der Waals surface area (Å²) in [6.07, 6.45) is 3.69. The molecule has 0 aliphatic carbocycles. The van der Waals surface area contributed by atoms with Gasteiger partial charge in [-0.3, -0.25) is 9.59 Å². The summed E-state index contributed by atoms with van der Waals surface area (Å²) >= 11 is 0. The SMILES string of the molecule is CCCC1(C(=O)O)CCCN(C(=O)c2ccc(=O)oc2)C1. The lowest BCUT2D eigenvalue weighted by atomic mass is 9.76. The predicted octanol–water partition coefficient (Wildman–Crippen LogP) is 1.75. The van der Waals surface area contributed by atoms with Gasteiger partial charge in [0.15, 0.2) is 0 Å². The molecular weight excluding hydrogens is 274 g/mol. The Bertz CT molecular complexity index is 569. The third kappa shape index (κ3) is 3.15. The minimum atomic E-state index is -0.863. The average Bonchev–Trinajstić information content (AvgIpc) is 2.48. The molecule has 0 bridgehead atoms. The van der Waals surface area contributed by atoms with E-state index in [1.165, 1.54) is 12.1 Å². The molecule has 1 amide bonds. The number of piperidine rings is 1. The second-order valence-corrected chi connectivity index (χ2v) is 5.51. The van der Waals surface area contributed by atoms with Gasteiger partial charge in [-0.25, -0.2) is 4.79 Å². The number of nitrogens with zero attached hydrogens (tertiary/aromatic N) is 1. The summed E-state index contributed by atoms with van der Waals surface area (Å²) in [5.41, 5.74) is -1.11. The molecule has 1 saturated heterocycles. The van der Waals surface area contributed by atoms with Gasteiger partial charge in [0.25, 0.3) is 5.91 Å². The number of carbonyl (C=O) groups excluding carboxylic acids is 1. The van der Waals surface area contributed by atoms with Gasteiger partial charge in [0.2, 0.25) is 0 Å². The molecule has 2 rings (SSSR count). The number of amides is 1. The molecule has 1 fully saturated rings. The van der Waals surface area contributed by atoms with E-state index in [1.807, 2.05) is 6.92 Å². The second-order valence-electron chi connectivity index (χ2n) is 5.51. The number of aliphatic carboxylic acids is 1. The minimum absolute atomic E-state index is 0.203. The monoisotopic (exact) mass is 293 g/mol. The molecule has 1 aromatic rings. The molecule has 1 N–H and O–H groups in total. The highest BCUT2D eigenvalue weighted by Crippen LogP contribution is 2.35. The molecule has 1 aliphatic rings. The van der Waals surface area contributed by atoms with Crippen LogP contribution in [0.15, 0.2) is 27.6 Å². The van der Waals surface area contributed by atoms with Gasteiger partial charge in [-0.1, -0.05) is 13.3 Å². The molecule has 1 unspecified atom stereocenters. The van der Waals surface area contributed by atoms with Crippen molar-refractivity contribution in [2.75, 3.05) is 13.1 Å². The lowest BCUT2D eigenvalue weighted by Crippen LogP contribution is -2.49. The number of hydrogen-bond donors (Lipinski definition) is 1. The van der Waals surface area contributed by atoms with Gasteiger partial charge in [0.05, 0.1) is 11.0 Å². The van der Waals surface area contributed by atoms with Gasteiger partial charge in [0, 0.05) is 19.2 Å². The molecule has 1 atom stereocenters. The Balaban J connectivity index is 2.20.